The SMILES string of the molecule is CSc1nnc(SCC(=O)N2CC(C)CC(C)C2)s1. The van der Waals surface area contributed by atoms with Crippen molar-refractivity contribution >= 4 is 40.8 Å². The van der Waals surface area contributed by atoms with E-state index in [9.17, 15) is 4.79 Å². The summed E-state index contributed by atoms with van der Waals surface area (Å²) in [6.45, 7) is 6.24. The van der Waals surface area contributed by atoms with Crippen LogP contribution >= 0.6 is 34.9 Å². The minimum Gasteiger partial charge on any atom is -0.341 e. The van der Waals surface area contributed by atoms with Crippen LogP contribution in [0.3, 0.4) is 0 Å². The topological polar surface area (TPSA) is 46.1 Å². The summed E-state index contributed by atoms with van der Waals surface area (Å²) < 4.78 is 1.84. The van der Waals surface area contributed by atoms with Crippen LogP contribution in [0.5, 0.6) is 0 Å². The van der Waals surface area contributed by atoms with E-state index in [2.05, 4.69) is 24.0 Å². The normalized spacial score (nSPS) is 23.6. The fraction of sp³-hybridized carbons (Fsp3) is 0.750. The average Bonchev–Trinajstić information content (AvgIpc) is 2.82. The van der Waals surface area contributed by atoms with Gasteiger partial charge in [0, 0.05) is 13.1 Å². The lowest BCUT2D eigenvalue weighted by Gasteiger charge is -2.34. The molecule has 0 bridgehead atoms. The van der Waals surface area contributed by atoms with Crippen LogP contribution in [0.2, 0.25) is 0 Å². The van der Waals surface area contributed by atoms with Crippen molar-refractivity contribution in [2.45, 2.75) is 28.9 Å². The molecule has 1 aliphatic heterocycles. The van der Waals surface area contributed by atoms with Crippen molar-refractivity contribution in [1.82, 2.24) is 15.1 Å². The molecular formula is C12H19N3OS3. The number of rotatable bonds is 4. The molecule has 1 aromatic heterocycles. The predicted octanol–water partition coefficient (Wildman–Crippen LogP) is 2.86. The number of amides is 1. The van der Waals surface area contributed by atoms with Gasteiger partial charge in [0.2, 0.25) is 5.91 Å². The van der Waals surface area contributed by atoms with Crippen molar-refractivity contribution in [3.05, 3.63) is 0 Å². The van der Waals surface area contributed by atoms with E-state index in [0.717, 1.165) is 21.8 Å². The van der Waals surface area contributed by atoms with E-state index in [1.807, 2.05) is 11.2 Å². The number of carbonyl (C=O) groups is 1. The molecule has 1 saturated heterocycles. The number of hydrogen-bond donors (Lipinski definition) is 0. The van der Waals surface area contributed by atoms with Crippen LogP contribution < -0.4 is 0 Å². The largest absolute Gasteiger partial charge is 0.341 e. The molecule has 0 saturated carbocycles. The number of piperidine rings is 1. The molecule has 0 radical (unpaired) electrons. The third kappa shape index (κ3) is 4.36. The van der Waals surface area contributed by atoms with E-state index in [1.165, 1.54) is 18.2 Å². The van der Waals surface area contributed by atoms with Gasteiger partial charge in [-0.15, -0.1) is 10.2 Å². The standard InChI is InChI=1S/C12H19N3OS3/c1-8-4-9(2)6-15(5-8)10(16)7-18-12-14-13-11(17-3)19-12/h8-9H,4-7H2,1-3H3. The van der Waals surface area contributed by atoms with Crippen LogP contribution in [0.15, 0.2) is 8.68 Å². The van der Waals surface area contributed by atoms with Crippen LogP contribution in [0.1, 0.15) is 20.3 Å². The van der Waals surface area contributed by atoms with Crippen molar-refractivity contribution in [3.8, 4) is 0 Å². The van der Waals surface area contributed by atoms with Crippen LogP contribution in [0.4, 0.5) is 0 Å². The lowest BCUT2D eigenvalue weighted by Crippen LogP contribution is -2.43. The molecule has 106 valence electrons. The van der Waals surface area contributed by atoms with Gasteiger partial charge in [0.05, 0.1) is 5.75 Å². The van der Waals surface area contributed by atoms with Crippen molar-refractivity contribution in [2.75, 3.05) is 25.1 Å². The van der Waals surface area contributed by atoms with E-state index in [0.29, 0.717) is 17.6 Å². The van der Waals surface area contributed by atoms with Gasteiger partial charge in [-0.1, -0.05) is 48.7 Å². The number of aromatic nitrogens is 2. The van der Waals surface area contributed by atoms with Crippen LogP contribution in [0.25, 0.3) is 0 Å². The molecule has 0 aromatic carbocycles. The van der Waals surface area contributed by atoms with Gasteiger partial charge < -0.3 is 4.90 Å². The van der Waals surface area contributed by atoms with Gasteiger partial charge in [0.1, 0.15) is 0 Å². The summed E-state index contributed by atoms with van der Waals surface area (Å²) in [5.74, 6) is 1.93. The number of nitrogens with zero attached hydrogens (tertiary/aromatic N) is 3. The first kappa shape index (κ1) is 15.1. The first-order chi connectivity index (χ1) is 9.08. The Morgan fingerprint density at radius 1 is 1.32 bits per heavy atom. The second-order valence-electron chi connectivity index (χ2n) is 5.07. The summed E-state index contributed by atoms with van der Waals surface area (Å²) in [5, 5.41) is 8.11. The highest BCUT2D eigenvalue weighted by Gasteiger charge is 2.25. The highest BCUT2D eigenvalue weighted by Crippen LogP contribution is 2.28. The molecule has 2 heterocycles. The summed E-state index contributed by atoms with van der Waals surface area (Å²) in [7, 11) is 0. The fourth-order valence-electron chi connectivity index (χ4n) is 2.42. The maximum Gasteiger partial charge on any atom is 0.233 e. The zero-order valence-corrected chi connectivity index (χ0v) is 13.9. The Bertz CT molecular complexity index is 428. The lowest BCUT2D eigenvalue weighted by atomic mass is 9.92. The Kier molecular flexibility index (Phi) is 5.53. The van der Waals surface area contributed by atoms with Crippen molar-refractivity contribution < 1.29 is 4.79 Å². The van der Waals surface area contributed by atoms with Crippen LogP contribution in [-0.2, 0) is 4.79 Å². The van der Waals surface area contributed by atoms with Gasteiger partial charge in [0.25, 0.3) is 0 Å². The summed E-state index contributed by atoms with van der Waals surface area (Å²) in [4.78, 5) is 14.2. The minimum atomic E-state index is 0.226. The zero-order chi connectivity index (χ0) is 13.8. The lowest BCUT2D eigenvalue weighted by molar-refractivity contribution is -0.130. The van der Waals surface area contributed by atoms with E-state index >= 15 is 0 Å². The maximum absolute atomic E-state index is 12.2. The number of carbonyl (C=O) groups excluding carboxylic acids is 1. The summed E-state index contributed by atoms with van der Waals surface area (Å²) in [5.41, 5.74) is 0. The molecule has 4 nitrogen and oxygen atoms in total. The maximum atomic E-state index is 12.2. The first-order valence-electron chi connectivity index (χ1n) is 6.36. The summed E-state index contributed by atoms with van der Waals surface area (Å²) in [6.07, 6.45) is 3.21. The molecular weight excluding hydrogens is 298 g/mol. The first-order valence-corrected chi connectivity index (χ1v) is 9.39. The second kappa shape index (κ2) is 6.95. The Balaban J connectivity index is 1.83. The average molecular weight is 318 g/mol. The molecule has 0 spiro atoms. The Morgan fingerprint density at radius 2 is 1.95 bits per heavy atom. The molecule has 1 aromatic rings. The van der Waals surface area contributed by atoms with E-state index in [4.69, 9.17) is 0 Å². The molecule has 2 unspecified atom stereocenters. The molecule has 0 aliphatic carbocycles. The van der Waals surface area contributed by atoms with Gasteiger partial charge in [-0.2, -0.15) is 0 Å². The van der Waals surface area contributed by atoms with Crippen molar-refractivity contribution in [2.24, 2.45) is 11.8 Å². The fourth-order valence-corrected chi connectivity index (χ4v) is 4.76. The Hall–Kier alpha value is -0.270. The monoisotopic (exact) mass is 317 g/mol. The number of hydrogen-bond acceptors (Lipinski definition) is 6. The van der Waals surface area contributed by atoms with Crippen LogP contribution in [0, 0.1) is 11.8 Å². The Morgan fingerprint density at radius 3 is 2.53 bits per heavy atom. The van der Waals surface area contributed by atoms with Crippen molar-refractivity contribution in [3.63, 3.8) is 0 Å². The smallest absolute Gasteiger partial charge is 0.233 e. The molecule has 1 amide bonds. The molecule has 7 heteroatoms. The van der Waals surface area contributed by atoms with Gasteiger partial charge in [-0.05, 0) is 24.5 Å². The van der Waals surface area contributed by atoms with Gasteiger partial charge in [0.15, 0.2) is 8.68 Å². The second-order valence-corrected chi connectivity index (χ2v) is 8.32. The zero-order valence-electron chi connectivity index (χ0n) is 11.5. The summed E-state index contributed by atoms with van der Waals surface area (Å²) in [6, 6.07) is 0. The van der Waals surface area contributed by atoms with Crippen LogP contribution in [-0.4, -0.2) is 46.1 Å². The van der Waals surface area contributed by atoms with Gasteiger partial charge in [-0.25, -0.2) is 0 Å². The number of likely N-dealkylation sites (tertiary alicyclic amines) is 1. The Labute approximate surface area is 126 Å². The highest BCUT2D eigenvalue weighted by atomic mass is 32.2. The third-order valence-corrected chi connectivity index (χ3v) is 6.12. The van der Waals surface area contributed by atoms with Gasteiger partial charge in [-0.3, -0.25) is 4.79 Å². The molecule has 0 N–H and O–H groups in total. The highest BCUT2D eigenvalue weighted by molar-refractivity contribution is 8.03. The third-order valence-electron chi connectivity index (χ3n) is 3.10. The molecule has 2 rings (SSSR count). The van der Waals surface area contributed by atoms with Gasteiger partial charge >= 0.3 is 0 Å². The van der Waals surface area contributed by atoms with E-state index in [1.54, 1.807) is 23.1 Å². The minimum absolute atomic E-state index is 0.226. The number of thioether (sulfide) groups is 2. The predicted molar refractivity (Wildman–Crippen MR) is 81.9 cm³/mol. The van der Waals surface area contributed by atoms with E-state index < -0.39 is 0 Å². The molecule has 19 heavy (non-hydrogen) atoms. The molecule has 1 aliphatic rings. The molecule has 1 fully saturated rings. The molecule has 2 atom stereocenters. The quantitative estimate of drug-likeness (QED) is 0.799. The summed E-state index contributed by atoms with van der Waals surface area (Å²) >= 11 is 4.65. The van der Waals surface area contributed by atoms with Crippen molar-refractivity contribution in [1.29, 1.82) is 0 Å². The van der Waals surface area contributed by atoms with E-state index in [-0.39, 0.29) is 5.91 Å².